The fourth-order valence-corrected chi connectivity index (χ4v) is 4.94. The van der Waals surface area contributed by atoms with Crippen molar-refractivity contribution in [2.75, 3.05) is 4.72 Å². The first-order valence-corrected chi connectivity index (χ1v) is 11.1. The highest BCUT2D eigenvalue weighted by molar-refractivity contribution is 7.92. The van der Waals surface area contributed by atoms with Gasteiger partial charge in [-0.2, -0.15) is 0 Å². The van der Waals surface area contributed by atoms with E-state index in [2.05, 4.69) is 24.5 Å². The van der Waals surface area contributed by atoms with Gasteiger partial charge in [-0.1, -0.05) is 41.8 Å². The van der Waals surface area contributed by atoms with Crippen LogP contribution in [-0.4, -0.2) is 28.2 Å². The Morgan fingerprint density at radius 2 is 1.89 bits per heavy atom. The van der Waals surface area contributed by atoms with Gasteiger partial charge in [0.15, 0.2) is 11.0 Å². The van der Waals surface area contributed by atoms with Crippen molar-refractivity contribution in [3.05, 3.63) is 52.5 Å². The minimum atomic E-state index is -3.92. The highest BCUT2D eigenvalue weighted by Gasteiger charge is 2.21. The summed E-state index contributed by atoms with van der Waals surface area (Å²) in [6.45, 7) is 0.861. The number of pyridine rings is 1. The predicted octanol–water partition coefficient (Wildman–Crippen LogP) is 4.17. The minimum Gasteiger partial charge on any atom is -0.311 e. The average Bonchev–Trinajstić information content (AvgIpc) is 2.90. The molecule has 7 nitrogen and oxygen atoms in total. The molecule has 1 N–H and O–H groups in total. The van der Waals surface area contributed by atoms with Gasteiger partial charge >= 0.3 is 0 Å². The van der Waals surface area contributed by atoms with E-state index in [1.165, 1.54) is 18.6 Å². The molecule has 0 radical (unpaired) electrons. The zero-order valence-electron chi connectivity index (χ0n) is 14.8. The normalized spacial score (nSPS) is 14.4. The smallest absolute Gasteiger partial charge is 0.264 e. The number of benzene rings is 1. The lowest BCUT2D eigenvalue weighted by Gasteiger charge is -2.11. The number of halogens is 2. The van der Waals surface area contributed by atoms with Crippen molar-refractivity contribution in [3.63, 3.8) is 0 Å². The van der Waals surface area contributed by atoms with Crippen LogP contribution in [0.25, 0.3) is 11.4 Å². The first-order valence-electron chi connectivity index (χ1n) is 8.81. The Hall–Kier alpha value is -2.16. The van der Waals surface area contributed by atoms with E-state index in [9.17, 15) is 8.42 Å². The van der Waals surface area contributed by atoms with E-state index >= 15 is 0 Å². The summed E-state index contributed by atoms with van der Waals surface area (Å²) in [5.74, 6) is 1.71. The second-order valence-electron chi connectivity index (χ2n) is 6.51. The van der Waals surface area contributed by atoms with Crippen LogP contribution in [0.15, 0.2) is 41.3 Å². The Morgan fingerprint density at radius 1 is 1.04 bits per heavy atom. The van der Waals surface area contributed by atoms with Crippen LogP contribution >= 0.6 is 23.2 Å². The molecule has 0 atom stereocenters. The SMILES string of the molecule is O=S(=O)(Nc1cccc(-c2nnc3n2CCCCC3)c1)c1ccc(Cl)nc1Cl. The number of aryl methyl sites for hydroxylation is 1. The molecule has 0 unspecified atom stereocenters. The second kappa shape index (κ2) is 7.69. The number of anilines is 1. The van der Waals surface area contributed by atoms with E-state index in [0.717, 1.165) is 43.0 Å². The molecular formula is C18H17Cl2N5O2S. The molecule has 0 saturated carbocycles. The Balaban J connectivity index is 1.65. The molecule has 3 heterocycles. The van der Waals surface area contributed by atoms with Gasteiger partial charge in [0.2, 0.25) is 0 Å². The molecule has 146 valence electrons. The van der Waals surface area contributed by atoms with E-state index < -0.39 is 10.0 Å². The standard InChI is InChI=1S/C18H17Cl2N5O2S/c19-15-9-8-14(17(20)21-15)28(26,27)24-13-6-4-5-12(11-13)18-23-22-16-7-2-1-3-10-25(16)18/h4-6,8-9,11,24H,1-3,7,10H2. The van der Waals surface area contributed by atoms with Crippen LogP contribution in [0, 0.1) is 0 Å². The number of hydrogen-bond donors (Lipinski definition) is 1. The number of nitrogens with one attached hydrogen (secondary N) is 1. The number of rotatable bonds is 4. The number of hydrogen-bond acceptors (Lipinski definition) is 5. The quantitative estimate of drug-likeness (QED) is 0.618. The summed E-state index contributed by atoms with van der Waals surface area (Å²) in [6, 6.07) is 9.76. The van der Waals surface area contributed by atoms with Crippen molar-refractivity contribution >= 4 is 38.9 Å². The third kappa shape index (κ3) is 3.85. The van der Waals surface area contributed by atoms with Crippen molar-refractivity contribution in [3.8, 4) is 11.4 Å². The Morgan fingerprint density at radius 3 is 2.71 bits per heavy atom. The van der Waals surface area contributed by atoms with E-state index in [4.69, 9.17) is 23.2 Å². The fourth-order valence-electron chi connectivity index (χ4n) is 3.23. The van der Waals surface area contributed by atoms with Crippen molar-refractivity contribution in [1.82, 2.24) is 19.7 Å². The molecule has 1 aliphatic heterocycles. The molecular weight excluding hydrogens is 421 g/mol. The van der Waals surface area contributed by atoms with Crippen LogP contribution in [0.1, 0.15) is 25.1 Å². The Kier molecular flexibility index (Phi) is 5.27. The topological polar surface area (TPSA) is 89.8 Å². The summed E-state index contributed by atoms with van der Waals surface area (Å²) >= 11 is 11.7. The lowest BCUT2D eigenvalue weighted by atomic mass is 10.2. The van der Waals surface area contributed by atoms with Crippen LogP contribution in [0.5, 0.6) is 0 Å². The van der Waals surface area contributed by atoms with Gasteiger partial charge in [-0.05, 0) is 37.1 Å². The molecule has 0 spiro atoms. The first kappa shape index (κ1) is 19.2. The molecule has 28 heavy (non-hydrogen) atoms. The number of fused-ring (bicyclic) bond motifs is 1. The van der Waals surface area contributed by atoms with Crippen molar-refractivity contribution in [1.29, 1.82) is 0 Å². The van der Waals surface area contributed by atoms with E-state index in [1.54, 1.807) is 18.2 Å². The molecule has 0 aliphatic carbocycles. The van der Waals surface area contributed by atoms with Crippen LogP contribution in [0.3, 0.4) is 0 Å². The number of aromatic nitrogens is 4. The van der Waals surface area contributed by atoms with Crippen molar-refractivity contribution < 1.29 is 8.42 Å². The van der Waals surface area contributed by atoms with Gasteiger partial charge in [0, 0.05) is 24.2 Å². The zero-order valence-corrected chi connectivity index (χ0v) is 17.1. The molecule has 0 bridgehead atoms. The molecule has 10 heteroatoms. The predicted molar refractivity (Wildman–Crippen MR) is 108 cm³/mol. The Bertz CT molecular complexity index is 1130. The second-order valence-corrected chi connectivity index (χ2v) is 8.91. The lowest BCUT2D eigenvalue weighted by molar-refractivity contribution is 0.601. The van der Waals surface area contributed by atoms with Crippen molar-refractivity contribution in [2.24, 2.45) is 0 Å². The number of nitrogens with zero attached hydrogens (tertiary/aromatic N) is 4. The summed E-state index contributed by atoms with van der Waals surface area (Å²) in [5.41, 5.74) is 1.19. The maximum Gasteiger partial charge on any atom is 0.264 e. The summed E-state index contributed by atoms with van der Waals surface area (Å²) in [7, 11) is -3.92. The van der Waals surface area contributed by atoms with Gasteiger partial charge < -0.3 is 4.57 Å². The molecule has 1 aromatic carbocycles. The third-order valence-electron chi connectivity index (χ3n) is 4.55. The van der Waals surface area contributed by atoms with Gasteiger partial charge in [-0.25, -0.2) is 13.4 Å². The maximum atomic E-state index is 12.7. The monoisotopic (exact) mass is 437 g/mol. The van der Waals surface area contributed by atoms with Crippen LogP contribution < -0.4 is 4.72 Å². The molecule has 1 aliphatic rings. The van der Waals surface area contributed by atoms with Crippen molar-refractivity contribution in [2.45, 2.75) is 37.1 Å². The summed E-state index contributed by atoms with van der Waals surface area (Å²) in [4.78, 5) is 3.65. The van der Waals surface area contributed by atoms with E-state index in [-0.39, 0.29) is 15.2 Å². The summed E-state index contributed by atoms with van der Waals surface area (Å²) < 4.78 is 30.0. The Labute approximate surface area is 172 Å². The number of sulfonamides is 1. The van der Waals surface area contributed by atoms with Crippen LogP contribution in [0.4, 0.5) is 5.69 Å². The van der Waals surface area contributed by atoms with Gasteiger partial charge in [-0.3, -0.25) is 4.72 Å². The molecule has 0 saturated heterocycles. The van der Waals surface area contributed by atoms with E-state index in [1.807, 2.05) is 6.07 Å². The largest absolute Gasteiger partial charge is 0.311 e. The molecule has 4 rings (SSSR count). The highest BCUT2D eigenvalue weighted by atomic mass is 35.5. The minimum absolute atomic E-state index is 0.124. The average molecular weight is 438 g/mol. The van der Waals surface area contributed by atoms with Gasteiger partial charge in [0.1, 0.15) is 15.9 Å². The maximum absolute atomic E-state index is 12.7. The molecule has 0 fully saturated rings. The van der Waals surface area contributed by atoms with E-state index in [0.29, 0.717) is 5.69 Å². The fraction of sp³-hybridized carbons (Fsp3) is 0.278. The molecule has 2 aromatic heterocycles. The third-order valence-corrected chi connectivity index (χ3v) is 6.58. The van der Waals surface area contributed by atoms with Crippen LogP contribution in [-0.2, 0) is 23.0 Å². The molecule has 0 amide bonds. The zero-order chi connectivity index (χ0) is 19.7. The van der Waals surface area contributed by atoms with Gasteiger partial charge in [-0.15, -0.1) is 10.2 Å². The summed E-state index contributed by atoms with van der Waals surface area (Å²) in [6.07, 6.45) is 4.25. The highest BCUT2D eigenvalue weighted by Crippen LogP contribution is 2.27. The van der Waals surface area contributed by atoms with Gasteiger partial charge in [0.05, 0.1) is 0 Å². The van der Waals surface area contributed by atoms with Crippen LogP contribution in [0.2, 0.25) is 10.3 Å². The van der Waals surface area contributed by atoms with Gasteiger partial charge in [0.25, 0.3) is 10.0 Å². The first-order chi connectivity index (χ1) is 13.4. The summed E-state index contributed by atoms with van der Waals surface area (Å²) in [5, 5.41) is 8.56. The molecule has 3 aromatic rings. The lowest BCUT2D eigenvalue weighted by Crippen LogP contribution is -2.14.